The van der Waals surface area contributed by atoms with Crippen molar-refractivity contribution in [1.82, 2.24) is 5.32 Å². The minimum Gasteiger partial charge on any atom is -0.394 e. The molecule has 2 fully saturated rings. The minimum atomic E-state index is -1.78. The van der Waals surface area contributed by atoms with Crippen molar-refractivity contribution in [2.75, 3.05) is 19.8 Å². The number of carbonyl (C=O) groups excluding carboxylic acids is 1. The summed E-state index contributed by atoms with van der Waals surface area (Å²) in [6.07, 6.45) is 27.5. The van der Waals surface area contributed by atoms with Crippen LogP contribution in [0, 0.1) is 0 Å². The number of aliphatic hydroxyl groups is 8. The molecule has 67 heavy (non-hydrogen) atoms. The van der Waals surface area contributed by atoms with Crippen LogP contribution in [0.1, 0.15) is 213 Å². The van der Waals surface area contributed by atoms with Gasteiger partial charge in [-0.15, -0.1) is 0 Å². The van der Waals surface area contributed by atoms with Crippen molar-refractivity contribution in [3.8, 4) is 0 Å². The molecule has 0 spiro atoms. The number of aliphatic hydroxyl groups excluding tert-OH is 8. The second-order valence-corrected chi connectivity index (χ2v) is 19.4. The average Bonchev–Trinajstić information content (AvgIpc) is 3.32. The molecule has 394 valence electrons. The Balaban J connectivity index is 1.78. The van der Waals surface area contributed by atoms with Gasteiger partial charge in [-0.2, -0.15) is 0 Å². The highest BCUT2D eigenvalue weighted by molar-refractivity contribution is 5.76. The van der Waals surface area contributed by atoms with Crippen LogP contribution in [0.5, 0.6) is 0 Å². The monoisotopic (exact) mass is 958 g/mol. The molecular weight excluding hydrogens is 859 g/mol. The quantitative estimate of drug-likeness (QED) is 0.0211. The molecule has 2 saturated heterocycles. The molecule has 14 heteroatoms. The SMILES string of the molecule is CCCCCCC/C=C\C/C=C\CCCCCCCCCCCC(=O)NC(COC1OC(CO)C(OC2OC(CO)C(O)C(O)C2O)C(O)C1O)C(O)CCCCCCCCCCCCCC. The number of hydrogen-bond donors (Lipinski definition) is 9. The van der Waals surface area contributed by atoms with Gasteiger partial charge in [0.05, 0.1) is 32.0 Å². The number of allylic oxidation sites excluding steroid dienone is 4. The van der Waals surface area contributed by atoms with Crippen molar-refractivity contribution in [3.05, 3.63) is 24.3 Å². The maximum atomic E-state index is 13.2. The zero-order chi connectivity index (χ0) is 48.9. The first-order chi connectivity index (χ1) is 32.6. The summed E-state index contributed by atoms with van der Waals surface area (Å²) in [5.74, 6) is -0.211. The number of ether oxygens (including phenoxy) is 4. The van der Waals surface area contributed by atoms with Crippen LogP contribution >= 0.6 is 0 Å². The number of hydrogen-bond acceptors (Lipinski definition) is 13. The first-order valence-corrected chi connectivity index (χ1v) is 27.1. The van der Waals surface area contributed by atoms with E-state index in [0.717, 1.165) is 64.2 Å². The normalized spacial score (nSPS) is 26.7. The fourth-order valence-electron chi connectivity index (χ4n) is 8.97. The van der Waals surface area contributed by atoms with Crippen LogP contribution < -0.4 is 5.32 Å². The molecule has 2 aliphatic rings. The van der Waals surface area contributed by atoms with Crippen LogP contribution in [-0.4, -0.2) is 140 Å². The van der Waals surface area contributed by atoms with Gasteiger partial charge in [-0.3, -0.25) is 4.79 Å². The third-order valence-corrected chi connectivity index (χ3v) is 13.4. The molecule has 1 amide bonds. The largest absolute Gasteiger partial charge is 0.394 e. The third kappa shape index (κ3) is 27.0. The van der Waals surface area contributed by atoms with Crippen molar-refractivity contribution in [1.29, 1.82) is 0 Å². The lowest BCUT2D eigenvalue weighted by atomic mass is 9.97. The molecule has 2 rings (SSSR count). The molecule has 2 aliphatic heterocycles. The summed E-state index contributed by atoms with van der Waals surface area (Å²) in [6.45, 7) is 2.83. The van der Waals surface area contributed by atoms with Crippen LogP contribution in [0.25, 0.3) is 0 Å². The van der Waals surface area contributed by atoms with Gasteiger partial charge in [-0.25, -0.2) is 0 Å². The molecule has 9 N–H and O–H groups in total. The van der Waals surface area contributed by atoms with E-state index in [-0.39, 0.29) is 12.5 Å². The summed E-state index contributed by atoms with van der Waals surface area (Å²) in [7, 11) is 0. The van der Waals surface area contributed by atoms with Crippen LogP contribution in [0.2, 0.25) is 0 Å². The number of nitrogens with one attached hydrogen (secondary N) is 1. The molecule has 2 heterocycles. The lowest BCUT2D eigenvalue weighted by Crippen LogP contribution is -2.65. The zero-order valence-electron chi connectivity index (χ0n) is 41.9. The van der Waals surface area contributed by atoms with Gasteiger partial charge in [-0.1, -0.05) is 186 Å². The van der Waals surface area contributed by atoms with Gasteiger partial charge in [0.15, 0.2) is 12.6 Å². The van der Waals surface area contributed by atoms with E-state index in [1.165, 1.54) is 122 Å². The van der Waals surface area contributed by atoms with Crippen molar-refractivity contribution >= 4 is 5.91 Å². The third-order valence-electron chi connectivity index (χ3n) is 13.4. The number of carbonyl (C=O) groups is 1. The fraction of sp³-hybridized carbons (Fsp3) is 0.906. The van der Waals surface area contributed by atoms with E-state index in [1.54, 1.807) is 0 Å². The predicted octanol–water partition coefficient (Wildman–Crippen LogP) is 7.72. The molecular formula is C53H99NO13. The van der Waals surface area contributed by atoms with Crippen LogP contribution in [0.3, 0.4) is 0 Å². The molecule has 0 aromatic heterocycles. The first kappa shape index (κ1) is 61.6. The van der Waals surface area contributed by atoms with Crippen LogP contribution in [-0.2, 0) is 23.7 Å². The lowest BCUT2D eigenvalue weighted by Gasteiger charge is -2.46. The van der Waals surface area contributed by atoms with Gasteiger partial charge in [-0.05, 0) is 44.9 Å². The topological polar surface area (TPSA) is 228 Å². The number of unbranched alkanes of at least 4 members (excludes halogenated alkanes) is 25. The smallest absolute Gasteiger partial charge is 0.220 e. The Bertz CT molecular complexity index is 1220. The Kier molecular flexibility index (Phi) is 36.9. The second-order valence-electron chi connectivity index (χ2n) is 19.4. The van der Waals surface area contributed by atoms with E-state index in [0.29, 0.717) is 12.8 Å². The highest BCUT2D eigenvalue weighted by Crippen LogP contribution is 2.30. The van der Waals surface area contributed by atoms with E-state index in [4.69, 9.17) is 18.9 Å². The highest BCUT2D eigenvalue weighted by Gasteiger charge is 2.51. The van der Waals surface area contributed by atoms with Gasteiger partial charge in [0.2, 0.25) is 5.91 Å². The fourth-order valence-corrected chi connectivity index (χ4v) is 8.97. The highest BCUT2D eigenvalue weighted by atomic mass is 16.7. The van der Waals surface area contributed by atoms with E-state index in [1.807, 2.05) is 0 Å². The molecule has 0 aromatic carbocycles. The molecule has 0 radical (unpaired) electrons. The van der Waals surface area contributed by atoms with Gasteiger partial charge in [0, 0.05) is 6.42 Å². The summed E-state index contributed by atoms with van der Waals surface area (Å²) >= 11 is 0. The summed E-state index contributed by atoms with van der Waals surface area (Å²) < 4.78 is 22.8. The van der Waals surface area contributed by atoms with Gasteiger partial charge < -0.3 is 65.1 Å². The van der Waals surface area contributed by atoms with Crippen molar-refractivity contribution in [2.24, 2.45) is 0 Å². The van der Waals surface area contributed by atoms with Gasteiger partial charge in [0.1, 0.15) is 48.8 Å². The van der Waals surface area contributed by atoms with E-state index >= 15 is 0 Å². The predicted molar refractivity (Wildman–Crippen MR) is 263 cm³/mol. The number of rotatable bonds is 42. The number of amides is 1. The van der Waals surface area contributed by atoms with Crippen LogP contribution in [0.15, 0.2) is 24.3 Å². The summed E-state index contributed by atoms with van der Waals surface area (Å²) in [5.41, 5.74) is 0. The Hall–Kier alpha value is -1.53. The Morgan fingerprint density at radius 3 is 1.49 bits per heavy atom. The van der Waals surface area contributed by atoms with Gasteiger partial charge >= 0.3 is 0 Å². The molecule has 12 atom stereocenters. The summed E-state index contributed by atoms with van der Waals surface area (Å²) in [4.78, 5) is 13.2. The van der Waals surface area contributed by atoms with Crippen molar-refractivity contribution in [2.45, 2.75) is 286 Å². The average molecular weight is 958 g/mol. The Labute approximate surface area is 405 Å². The van der Waals surface area contributed by atoms with Crippen molar-refractivity contribution < 1.29 is 64.6 Å². The molecule has 14 nitrogen and oxygen atoms in total. The standard InChI is InChI=1S/C53H99NO13/c1-3-5-7-9-11-13-15-17-18-19-20-21-22-23-24-25-27-29-31-33-35-37-45(58)54-41(42(57)36-34-32-30-28-26-16-14-12-10-8-6-4-2)40-64-52-50(63)48(61)51(44(39-56)66-52)67-53-49(62)47(60)46(59)43(38-55)65-53/h15,17,19-20,41-44,46-53,55-57,59-63H,3-14,16,18,21-40H2,1-2H3,(H,54,58)/b17-15-,20-19-. The minimum absolute atomic E-state index is 0.211. The van der Waals surface area contributed by atoms with Crippen LogP contribution in [0.4, 0.5) is 0 Å². The van der Waals surface area contributed by atoms with E-state index < -0.39 is 86.8 Å². The second kappa shape index (κ2) is 40.1. The van der Waals surface area contributed by atoms with Gasteiger partial charge in [0.25, 0.3) is 0 Å². The maximum absolute atomic E-state index is 13.2. The Morgan fingerprint density at radius 2 is 0.985 bits per heavy atom. The summed E-state index contributed by atoms with van der Waals surface area (Å²) in [5, 5.41) is 86.9. The molecule has 0 aromatic rings. The van der Waals surface area contributed by atoms with Crippen molar-refractivity contribution in [3.63, 3.8) is 0 Å². The molecule has 0 bridgehead atoms. The van der Waals surface area contributed by atoms with E-state index in [2.05, 4.69) is 43.5 Å². The van der Waals surface area contributed by atoms with E-state index in [9.17, 15) is 45.6 Å². The lowest BCUT2D eigenvalue weighted by molar-refractivity contribution is -0.359. The zero-order valence-corrected chi connectivity index (χ0v) is 41.9. The maximum Gasteiger partial charge on any atom is 0.220 e. The first-order valence-electron chi connectivity index (χ1n) is 27.1. The molecule has 12 unspecified atom stereocenters. The molecule has 0 saturated carbocycles. The summed E-state index contributed by atoms with van der Waals surface area (Å²) in [6, 6.07) is -0.828. The Morgan fingerprint density at radius 1 is 0.537 bits per heavy atom. The molecule has 0 aliphatic carbocycles.